The van der Waals surface area contributed by atoms with Crippen LogP contribution < -0.4 is 0 Å². The van der Waals surface area contributed by atoms with Gasteiger partial charge in [-0.15, -0.1) is 0 Å². The Morgan fingerprint density at radius 1 is 1.29 bits per heavy atom. The molecule has 1 N–H and O–H groups in total. The van der Waals surface area contributed by atoms with Gasteiger partial charge in [0.05, 0.1) is 0 Å². The van der Waals surface area contributed by atoms with E-state index < -0.39 is 0 Å². The first-order valence-corrected chi connectivity index (χ1v) is 7.44. The van der Waals surface area contributed by atoms with Gasteiger partial charge in [0, 0.05) is 6.61 Å². The smallest absolute Gasteiger partial charge is 0.0462 e. The third-order valence-corrected chi connectivity index (χ3v) is 3.98. The lowest BCUT2D eigenvalue weighted by Gasteiger charge is -2.15. The van der Waals surface area contributed by atoms with E-state index in [1.165, 1.54) is 11.1 Å². The molecule has 0 amide bonds. The van der Waals surface area contributed by atoms with E-state index in [-0.39, 0.29) is 0 Å². The zero-order valence-electron chi connectivity index (χ0n) is 11.1. The second-order valence-electron chi connectivity index (χ2n) is 4.95. The summed E-state index contributed by atoms with van der Waals surface area (Å²) < 4.78 is 0. The number of benzene rings is 1. The second kappa shape index (κ2) is 7.78. The van der Waals surface area contributed by atoms with Gasteiger partial charge in [0.2, 0.25) is 0 Å². The molecule has 1 nitrogen and oxygen atoms in total. The van der Waals surface area contributed by atoms with E-state index in [1.54, 1.807) is 0 Å². The van der Waals surface area contributed by atoms with Gasteiger partial charge in [-0.3, -0.25) is 0 Å². The topological polar surface area (TPSA) is 20.2 Å². The highest BCUT2D eigenvalue weighted by Crippen LogP contribution is 2.18. The minimum atomic E-state index is 0.298. The number of hydrogen-bond donors (Lipinski definition) is 1. The number of aliphatic hydroxyl groups excluding tert-OH is 1. The van der Waals surface area contributed by atoms with E-state index in [4.69, 9.17) is 0 Å². The first kappa shape index (κ1) is 14.6. The molecule has 0 saturated carbocycles. The van der Waals surface area contributed by atoms with Crippen LogP contribution in [-0.2, 0) is 6.42 Å². The minimum absolute atomic E-state index is 0.298. The fraction of sp³-hybridized carbons (Fsp3) is 0.600. The lowest BCUT2D eigenvalue weighted by atomic mass is 9.97. The SMILES string of the molecule is Cc1cccc(CC(CO)CCSC(C)C)c1. The van der Waals surface area contributed by atoms with E-state index in [0.717, 1.165) is 18.6 Å². The second-order valence-corrected chi connectivity index (χ2v) is 6.63. The van der Waals surface area contributed by atoms with Crippen LogP contribution in [0.2, 0.25) is 0 Å². The van der Waals surface area contributed by atoms with Gasteiger partial charge in [-0.25, -0.2) is 0 Å². The van der Waals surface area contributed by atoms with Crippen molar-refractivity contribution in [2.75, 3.05) is 12.4 Å². The molecule has 96 valence electrons. The number of hydrogen-bond acceptors (Lipinski definition) is 2. The average molecular weight is 252 g/mol. The highest BCUT2D eigenvalue weighted by molar-refractivity contribution is 7.99. The fourth-order valence-corrected chi connectivity index (χ4v) is 2.84. The van der Waals surface area contributed by atoms with Crippen LogP contribution >= 0.6 is 11.8 Å². The van der Waals surface area contributed by atoms with Gasteiger partial charge in [-0.05, 0) is 42.2 Å². The predicted molar refractivity (Wildman–Crippen MR) is 77.7 cm³/mol. The highest BCUT2D eigenvalue weighted by Gasteiger charge is 2.09. The molecule has 0 radical (unpaired) electrons. The Bertz CT molecular complexity index is 322. The Morgan fingerprint density at radius 3 is 2.65 bits per heavy atom. The maximum absolute atomic E-state index is 9.41. The minimum Gasteiger partial charge on any atom is -0.396 e. The Kier molecular flexibility index (Phi) is 6.68. The first-order chi connectivity index (χ1) is 8.11. The van der Waals surface area contributed by atoms with Crippen LogP contribution in [0, 0.1) is 12.8 Å². The first-order valence-electron chi connectivity index (χ1n) is 6.39. The van der Waals surface area contributed by atoms with Crippen LogP contribution in [0.15, 0.2) is 24.3 Å². The summed E-state index contributed by atoms with van der Waals surface area (Å²) in [7, 11) is 0. The molecular formula is C15H24OS. The molecule has 1 aromatic carbocycles. The molecule has 0 spiro atoms. The van der Waals surface area contributed by atoms with Crippen LogP contribution in [-0.4, -0.2) is 22.7 Å². The van der Waals surface area contributed by atoms with Crippen molar-refractivity contribution < 1.29 is 5.11 Å². The lowest BCUT2D eigenvalue weighted by molar-refractivity contribution is 0.223. The molecule has 0 aliphatic carbocycles. The van der Waals surface area contributed by atoms with E-state index in [0.29, 0.717) is 17.8 Å². The highest BCUT2D eigenvalue weighted by atomic mass is 32.2. The van der Waals surface area contributed by atoms with Crippen LogP contribution in [0.4, 0.5) is 0 Å². The summed E-state index contributed by atoms with van der Waals surface area (Å²) in [6.07, 6.45) is 2.10. The lowest BCUT2D eigenvalue weighted by Crippen LogP contribution is -2.11. The van der Waals surface area contributed by atoms with Gasteiger partial charge < -0.3 is 5.11 Å². The number of thioether (sulfide) groups is 1. The third kappa shape index (κ3) is 6.13. The number of rotatable bonds is 7. The summed E-state index contributed by atoms with van der Waals surface area (Å²) in [6, 6.07) is 8.59. The maximum atomic E-state index is 9.41. The molecule has 0 aliphatic rings. The van der Waals surface area contributed by atoms with Crippen molar-refractivity contribution in [3.63, 3.8) is 0 Å². The summed E-state index contributed by atoms with van der Waals surface area (Å²) in [6.45, 7) is 6.86. The van der Waals surface area contributed by atoms with E-state index >= 15 is 0 Å². The molecular weight excluding hydrogens is 228 g/mol. The Labute approximate surface area is 110 Å². The van der Waals surface area contributed by atoms with Gasteiger partial charge in [-0.2, -0.15) is 11.8 Å². The van der Waals surface area contributed by atoms with Crippen LogP contribution in [0.1, 0.15) is 31.4 Å². The number of aryl methyl sites for hydroxylation is 1. The molecule has 0 saturated heterocycles. The Morgan fingerprint density at radius 2 is 2.06 bits per heavy atom. The third-order valence-electron chi connectivity index (χ3n) is 2.84. The molecule has 0 fully saturated rings. The van der Waals surface area contributed by atoms with Crippen molar-refractivity contribution in [2.24, 2.45) is 5.92 Å². The monoisotopic (exact) mass is 252 g/mol. The van der Waals surface area contributed by atoms with Crippen LogP contribution in [0.3, 0.4) is 0 Å². The molecule has 0 bridgehead atoms. The summed E-state index contributed by atoms with van der Waals surface area (Å²) in [5.74, 6) is 1.55. The van der Waals surface area contributed by atoms with Gasteiger partial charge in [-0.1, -0.05) is 43.7 Å². The molecule has 1 rings (SSSR count). The zero-order valence-corrected chi connectivity index (χ0v) is 12.0. The standard InChI is InChI=1S/C15H24OS/c1-12(2)17-8-7-15(11-16)10-14-6-4-5-13(3)9-14/h4-6,9,12,15-16H,7-8,10-11H2,1-3H3. The molecule has 0 aliphatic heterocycles. The van der Waals surface area contributed by atoms with Crippen molar-refractivity contribution in [2.45, 2.75) is 38.9 Å². The maximum Gasteiger partial charge on any atom is 0.0462 e. The van der Waals surface area contributed by atoms with E-state index in [2.05, 4.69) is 45.0 Å². The Hall–Kier alpha value is -0.470. The molecule has 1 aromatic rings. The van der Waals surface area contributed by atoms with E-state index in [1.807, 2.05) is 11.8 Å². The van der Waals surface area contributed by atoms with Crippen molar-refractivity contribution in [1.82, 2.24) is 0 Å². The molecule has 0 heterocycles. The van der Waals surface area contributed by atoms with Gasteiger partial charge in [0.25, 0.3) is 0 Å². The zero-order chi connectivity index (χ0) is 12.7. The van der Waals surface area contributed by atoms with Crippen LogP contribution in [0.5, 0.6) is 0 Å². The molecule has 2 heteroatoms. The van der Waals surface area contributed by atoms with Crippen molar-refractivity contribution in [3.8, 4) is 0 Å². The van der Waals surface area contributed by atoms with Gasteiger partial charge in [0.15, 0.2) is 0 Å². The average Bonchev–Trinajstić information content (AvgIpc) is 2.27. The van der Waals surface area contributed by atoms with E-state index in [9.17, 15) is 5.11 Å². The van der Waals surface area contributed by atoms with Crippen molar-refractivity contribution >= 4 is 11.8 Å². The van der Waals surface area contributed by atoms with Crippen LogP contribution in [0.25, 0.3) is 0 Å². The fourth-order valence-electron chi connectivity index (χ4n) is 1.90. The van der Waals surface area contributed by atoms with Gasteiger partial charge >= 0.3 is 0 Å². The largest absolute Gasteiger partial charge is 0.396 e. The summed E-state index contributed by atoms with van der Waals surface area (Å²) in [5, 5.41) is 10.1. The molecule has 1 unspecified atom stereocenters. The normalized spacial score (nSPS) is 13.0. The molecule has 17 heavy (non-hydrogen) atoms. The molecule has 1 atom stereocenters. The predicted octanol–water partition coefficient (Wildman–Crippen LogP) is 3.68. The molecule has 0 aromatic heterocycles. The van der Waals surface area contributed by atoms with Gasteiger partial charge in [0.1, 0.15) is 0 Å². The van der Waals surface area contributed by atoms with Crippen molar-refractivity contribution in [3.05, 3.63) is 35.4 Å². The summed E-state index contributed by atoms with van der Waals surface area (Å²) in [4.78, 5) is 0. The van der Waals surface area contributed by atoms with Crippen molar-refractivity contribution in [1.29, 1.82) is 0 Å². The number of aliphatic hydroxyl groups is 1. The quantitative estimate of drug-likeness (QED) is 0.799. The summed E-state index contributed by atoms with van der Waals surface area (Å²) >= 11 is 1.98. The Balaban J connectivity index is 2.41. The summed E-state index contributed by atoms with van der Waals surface area (Å²) in [5.41, 5.74) is 2.65.